The first-order valence-corrected chi connectivity index (χ1v) is 24.5. The van der Waals surface area contributed by atoms with Gasteiger partial charge in [0.25, 0.3) is 0 Å². The number of rotatable bonds is 9. The molecule has 13 aromatic rings. The molecule has 0 amide bonds. The molecule has 0 fully saturated rings. The van der Waals surface area contributed by atoms with Gasteiger partial charge in [0.15, 0.2) is 0 Å². The summed E-state index contributed by atoms with van der Waals surface area (Å²) in [5.74, 6) is 0. The van der Waals surface area contributed by atoms with Crippen LogP contribution in [0.5, 0.6) is 0 Å². The van der Waals surface area contributed by atoms with E-state index < -0.39 is 0 Å². The normalized spacial score (nSPS) is 11.4. The topological polar surface area (TPSA) is 4.93 Å². The van der Waals surface area contributed by atoms with E-state index in [0.29, 0.717) is 0 Å². The number of hydrogen-bond donors (Lipinski definition) is 0. The van der Waals surface area contributed by atoms with E-state index in [1.807, 2.05) is 0 Å². The summed E-state index contributed by atoms with van der Waals surface area (Å²) < 4.78 is 2.40. The highest BCUT2D eigenvalue weighted by Crippen LogP contribution is 2.40. The van der Waals surface area contributed by atoms with Crippen molar-refractivity contribution >= 4 is 32.4 Å². The highest BCUT2D eigenvalue weighted by atomic mass is 15.0. The summed E-state index contributed by atoms with van der Waals surface area (Å²) in [5, 5.41) is 6.22. The zero-order valence-corrected chi connectivity index (χ0v) is 39.1. The predicted molar refractivity (Wildman–Crippen MR) is 302 cm³/mol. The van der Waals surface area contributed by atoms with Crippen molar-refractivity contribution in [2.24, 2.45) is 0 Å². The monoisotopic (exact) mass is 901 g/mol. The lowest BCUT2D eigenvalue weighted by Crippen LogP contribution is -1.95. The summed E-state index contributed by atoms with van der Waals surface area (Å²) in [6.07, 6.45) is 2.35. The molecule has 13 rings (SSSR count). The first-order valence-electron chi connectivity index (χ1n) is 24.5. The molecule has 0 saturated carbocycles. The van der Waals surface area contributed by atoms with Gasteiger partial charge in [-0.25, -0.2) is 0 Å². The lowest BCUT2D eigenvalue weighted by Gasteiger charge is -2.14. The summed E-state index contributed by atoms with van der Waals surface area (Å²) in [7, 11) is 0. The second-order valence-corrected chi connectivity index (χ2v) is 18.5. The van der Waals surface area contributed by atoms with Crippen LogP contribution < -0.4 is 0 Å². The van der Waals surface area contributed by atoms with Crippen LogP contribution in [0.3, 0.4) is 0 Å². The van der Waals surface area contributed by atoms with Gasteiger partial charge >= 0.3 is 0 Å². The van der Waals surface area contributed by atoms with E-state index in [1.54, 1.807) is 0 Å². The van der Waals surface area contributed by atoms with Gasteiger partial charge in [-0.1, -0.05) is 249 Å². The minimum Gasteiger partial charge on any atom is -0.316 e. The summed E-state index contributed by atoms with van der Waals surface area (Å²) >= 11 is 0. The zero-order chi connectivity index (χ0) is 47.1. The highest BCUT2D eigenvalue weighted by molar-refractivity contribution is 6.02. The summed E-state index contributed by atoms with van der Waals surface area (Å²) in [6, 6.07) is 102. The molecule has 71 heavy (non-hydrogen) atoms. The van der Waals surface area contributed by atoms with Gasteiger partial charge in [0.05, 0.1) is 5.52 Å². The summed E-state index contributed by atoms with van der Waals surface area (Å²) in [5.41, 5.74) is 21.4. The van der Waals surface area contributed by atoms with Crippen molar-refractivity contribution in [1.82, 2.24) is 4.57 Å². The van der Waals surface area contributed by atoms with Crippen LogP contribution in [-0.4, -0.2) is 4.57 Å². The number of aromatic nitrogens is 1. The zero-order valence-electron chi connectivity index (χ0n) is 39.1. The van der Waals surface area contributed by atoms with Crippen molar-refractivity contribution < 1.29 is 0 Å². The Bertz CT molecular complexity index is 3920. The summed E-state index contributed by atoms with van der Waals surface area (Å²) in [6.45, 7) is 0. The first-order chi connectivity index (χ1) is 35.2. The van der Waals surface area contributed by atoms with Crippen molar-refractivity contribution in [3.8, 4) is 94.7 Å². The van der Waals surface area contributed by atoms with E-state index in [-0.39, 0.29) is 0 Å². The molecule has 0 saturated heterocycles. The van der Waals surface area contributed by atoms with Crippen molar-refractivity contribution in [1.29, 1.82) is 0 Å². The second-order valence-electron chi connectivity index (χ2n) is 18.5. The minimum atomic E-state index is 1.10. The third-order valence-corrected chi connectivity index (χ3v) is 14.3. The molecule has 0 N–H and O–H groups in total. The molecule has 1 heterocycles. The molecular formula is C70H47N. The van der Waals surface area contributed by atoms with Gasteiger partial charge in [0.1, 0.15) is 0 Å². The molecule has 0 aliphatic carbocycles. The van der Waals surface area contributed by atoms with Crippen LogP contribution >= 0.6 is 0 Å². The van der Waals surface area contributed by atoms with Gasteiger partial charge in [-0.2, -0.15) is 0 Å². The quantitative estimate of drug-likeness (QED) is 0.136. The van der Waals surface area contributed by atoms with E-state index in [1.165, 1.54) is 105 Å². The van der Waals surface area contributed by atoms with Crippen LogP contribution in [0.1, 0.15) is 0 Å². The van der Waals surface area contributed by atoms with Crippen molar-refractivity contribution in [3.63, 3.8) is 0 Å². The van der Waals surface area contributed by atoms with E-state index in [2.05, 4.69) is 290 Å². The second kappa shape index (κ2) is 18.0. The van der Waals surface area contributed by atoms with Gasteiger partial charge in [0.2, 0.25) is 0 Å². The molecule has 332 valence electrons. The van der Waals surface area contributed by atoms with E-state index >= 15 is 0 Å². The number of fused-ring (bicyclic) bond motifs is 3. The number of nitrogens with zero attached hydrogens (tertiary/aromatic N) is 1. The lowest BCUT2D eigenvalue weighted by atomic mass is 9.94. The Labute approximate surface area is 414 Å². The Balaban J connectivity index is 0.956. The van der Waals surface area contributed by atoms with E-state index in [9.17, 15) is 0 Å². The fourth-order valence-electron chi connectivity index (χ4n) is 10.5. The fraction of sp³-hybridized carbons (Fsp3) is 0. The molecular weight excluding hydrogens is 855 g/mol. The molecule has 0 spiro atoms. The maximum Gasteiger partial charge on any atom is 0.0535 e. The Kier molecular flexibility index (Phi) is 10.6. The molecule has 0 bridgehead atoms. The Hall–Kier alpha value is -9.30. The minimum absolute atomic E-state index is 1.10. The van der Waals surface area contributed by atoms with Crippen LogP contribution in [0.2, 0.25) is 0 Å². The van der Waals surface area contributed by atoms with Crippen LogP contribution in [0.4, 0.5) is 0 Å². The molecule has 0 aliphatic rings. The van der Waals surface area contributed by atoms with Gasteiger partial charge in [-0.3, -0.25) is 0 Å². The van der Waals surface area contributed by atoms with Gasteiger partial charge in [-0.05, 0) is 135 Å². The smallest absolute Gasteiger partial charge is 0.0535 e. The Morgan fingerprint density at radius 1 is 0.197 bits per heavy atom. The largest absolute Gasteiger partial charge is 0.316 e. The average molecular weight is 902 g/mol. The molecule has 0 unspecified atom stereocenters. The highest BCUT2D eigenvalue weighted by Gasteiger charge is 2.17. The molecule has 12 aromatic carbocycles. The molecule has 1 nitrogen and oxygen atoms in total. The van der Waals surface area contributed by atoms with Crippen molar-refractivity contribution in [2.75, 3.05) is 0 Å². The molecule has 0 radical (unpaired) electrons. The average Bonchev–Trinajstić information content (AvgIpc) is 3.84. The predicted octanol–water partition coefficient (Wildman–Crippen LogP) is 19.3. The maximum absolute atomic E-state index is 2.40. The fourth-order valence-corrected chi connectivity index (χ4v) is 10.5. The SMILES string of the molecule is c1ccc(-c2ccc(-c3cc(-c4ccc(-c5ccccc5)cc4)cc(-n4cc(-c5ccc(-c6cccc7ccccc67)cc5)c5cc(-c6ccc(-c7cccc8ccccc78)cc6)ccc54)c3)cc2)cc1. The molecule has 0 atom stereocenters. The van der Waals surface area contributed by atoms with Gasteiger partial charge < -0.3 is 4.57 Å². The molecule has 0 aliphatic heterocycles. The third-order valence-electron chi connectivity index (χ3n) is 14.3. The lowest BCUT2D eigenvalue weighted by molar-refractivity contribution is 1.13. The first kappa shape index (κ1) is 41.9. The molecule has 1 aromatic heterocycles. The number of benzene rings is 12. The van der Waals surface area contributed by atoms with Gasteiger partial charge in [0, 0.05) is 22.8 Å². The summed E-state index contributed by atoms with van der Waals surface area (Å²) in [4.78, 5) is 0. The van der Waals surface area contributed by atoms with Crippen LogP contribution in [0, 0.1) is 0 Å². The van der Waals surface area contributed by atoms with E-state index in [4.69, 9.17) is 0 Å². The van der Waals surface area contributed by atoms with Crippen LogP contribution in [0.15, 0.2) is 285 Å². The third kappa shape index (κ3) is 8.00. The van der Waals surface area contributed by atoms with Crippen molar-refractivity contribution in [2.45, 2.75) is 0 Å². The van der Waals surface area contributed by atoms with Gasteiger partial charge in [-0.15, -0.1) is 0 Å². The molecule has 1 heteroatoms. The standard InChI is InChI=1S/C70H47N/c1-3-13-48(14-4-1)50-25-29-53(30-26-50)61-43-62(54-31-27-51(28-32-54)49-15-5-2-6-16-49)45-63(44-61)71-47-69(59-39-37-58(38-40-59)67-24-12-20-56-18-8-10-22-65(56)67)68-46-60(41-42-70(68)71)52-33-35-57(36-34-52)66-23-11-19-55-17-7-9-21-64(55)66/h1-47H. The Morgan fingerprint density at radius 2 is 0.549 bits per heavy atom. The maximum atomic E-state index is 2.40. The van der Waals surface area contributed by atoms with Crippen LogP contribution in [-0.2, 0) is 0 Å². The van der Waals surface area contributed by atoms with E-state index in [0.717, 1.165) is 22.3 Å². The van der Waals surface area contributed by atoms with Crippen molar-refractivity contribution in [3.05, 3.63) is 285 Å². The Morgan fingerprint density at radius 3 is 1.03 bits per heavy atom. The number of hydrogen-bond acceptors (Lipinski definition) is 0. The van der Waals surface area contributed by atoms with Crippen LogP contribution in [0.25, 0.3) is 127 Å².